The maximum atomic E-state index is 12.9. The van der Waals surface area contributed by atoms with Gasteiger partial charge in [-0.25, -0.2) is 4.98 Å². The van der Waals surface area contributed by atoms with Gasteiger partial charge in [0.25, 0.3) is 0 Å². The summed E-state index contributed by atoms with van der Waals surface area (Å²) in [6.07, 6.45) is 5.74. The first-order valence-corrected chi connectivity index (χ1v) is 11.5. The number of thioether (sulfide) groups is 1. The summed E-state index contributed by atoms with van der Waals surface area (Å²) in [5.74, 6) is 0.752. The lowest BCUT2D eigenvalue weighted by molar-refractivity contribution is -0.129. The molecule has 0 N–H and O–H groups in total. The molecule has 1 aliphatic carbocycles. The standard InChI is InChI=1S/C22H22N2OS2/c25-21(14-26-17-11-10-15-5-3-6-16(15)13-17)24-12-4-8-19(24)22-23-18-7-1-2-9-20(18)27-22/h1-2,7,9-11,13,19H,3-6,8,12,14H2/t19-/m1/s1. The number of nitrogens with zero attached hydrogens (tertiary/aromatic N) is 2. The van der Waals surface area contributed by atoms with Gasteiger partial charge in [-0.2, -0.15) is 0 Å². The lowest BCUT2D eigenvalue weighted by Crippen LogP contribution is -2.31. The summed E-state index contributed by atoms with van der Waals surface area (Å²) >= 11 is 3.41. The fourth-order valence-electron chi connectivity index (χ4n) is 4.22. The van der Waals surface area contributed by atoms with E-state index in [2.05, 4.69) is 41.3 Å². The molecule has 5 rings (SSSR count). The normalized spacial score (nSPS) is 19.0. The van der Waals surface area contributed by atoms with Crippen molar-refractivity contribution in [2.75, 3.05) is 12.3 Å². The Morgan fingerprint density at radius 3 is 2.96 bits per heavy atom. The number of benzene rings is 2. The summed E-state index contributed by atoms with van der Waals surface area (Å²) in [5, 5.41) is 1.09. The van der Waals surface area contributed by atoms with Crippen molar-refractivity contribution in [3.8, 4) is 0 Å². The molecule has 2 aromatic carbocycles. The van der Waals surface area contributed by atoms with Gasteiger partial charge in [-0.05, 0) is 67.5 Å². The second-order valence-corrected chi connectivity index (χ2v) is 9.45. The van der Waals surface area contributed by atoms with E-state index in [0.29, 0.717) is 5.75 Å². The average Bonchev–Trinajstić information content (AvgIpc) is 3.43. The van der Waals surface area contributed by atoms with Gasteiger partial charge < -0.3 is 4.90 Å². The number of aryl methyl sites for hydroxylation is 2. The van der Waals surface area contributed by atoms with Crippen molar-refractivity contribution in [1.29, 1.82) is 0 Å². The molecule has 0 radical (unpaired) electrons. The fraction of sp³-hybridized carbons (Fsp3) is 0.364. The summed E-state index contributed by atoms with van der Waals surface area (Å²) in [4.78, 5) is 21.0. The highest BCUT2D eigenvalue weighted by Crippen LogP contribution is 2.37. The minimum absolute atomic E-state index is 0.149. The first-order valence-electron chi connectivity index (χ1n) is 9.67. The van der Waals surface area contributed by atoms with Crippen molar-refractivity contribution >= 4 is 39.2 Å². The number of aromatic nitrogens is 1. The third kappa shape index (κ3) is 3.39. The molecule has 2 heterocycles. The van der Waals surface area contributed by atoms with E-state index in [4.69, 9.17) is 4.98 Å². The quantitative estimate of drug-likeness (QED) is 0.567. The number of hydrogen-bond donors (Lipinski definition) is 0. The number of likely N-dealkylation sites (tertiary alicyclic amines) is 1. The number of carbonyl (C=O) groups is 1. The van der Waals surface area contributed by atoms with E-state index in [1.54, 1.807) is 23.1 Å². The van der Waals surface area contributed by atoms with Gasteiger partial charge in [-0.3, -0.25) is 4.79 Å². The Labute approximate surface area is 167 Å². The second kappa shape index (κ2) is 7.28. The second-order valence-electron chi connectivity index (χ2n) is 7.34. The van der Waals surface area contributed by atoms with E-state index < -0.39 is 0 Å². The van der Waals surface area contributed by atoms with Crippen molar-refractivity contribution in [1.82, 2.24) is 9.88 Å². The SMILES string of the molecule is O=C(CSc1ccc2c(c1)CCC2)N1CCC[C@@H]1c1nc2ccccc2s1. The minimum Gasteiger partial charge on any atom is -0.332 e. The summed E-state index contributed by atoms with van der Waals surface area (Å²) in [6, 6.07) is 15.1. The smallest absolute Gasteiger partial charge is 0.233 e. The van der Waals surface area contributed by atoms with Crippen LogP contribution in [-0.4, -0.2) is 28.1 Å². The maximum Gasteiger partial charge on any atom is 0.233 e. The number of hydrogen-bond acceptors (Lipinski definition) is 4. The number of rotatable bonds is 4. The molecule has 1 aliphatic heterocycles. The van der Waals surface area contributed by atoms with Crippen LogP contribution in [0.15, 0.2) is 47.4 Å². The van der Waals surface area contributed by atoms with Crippen LogP contribution in [0.3, 0.4) is 0 Å². The van der Waals surface area contributed by atoms with Gasteiger partial charge in [0, 0.05) is 11.4 Å². The molecule has 138 valence electrons. The van der Waals surface area contributed by atoms with Crippen molar-refractivity contribution in [3.05, 3.63) is 58.6 Å². The average molecular weight is 395 g/mol. The lowest BCUT2D eigenvalue weighted by atomic mass is 10.1. The molecular weight excluding hydrogens is 372 g/mol. The van der Waals surface area contributed by atoms with Gasteiger partial charge >= 0.3 is 0 Å². The highest BCUT2D eigenvalue weighted by molar-refractivity contribution is 8.00. The highest BCUT2D eigenvalue weighted by Gasteiger charge is 2.32. The number of amides is 1. The van der Waals surface area contributed by atoms with Gasteiger partial charge in [0.2, 0.25) is 5.91 Å². The van der Waals surface area contributed by atoms with Gasteiger partial charge in [-0.15, -0.1) is 23.1 Å². The van der Waals surface area contributed by atoms with Gasteiger partial charge in [0.05, 0.1) is 22.0 Å². The predicted octanol–water partition coefficient (Wildman–Crippen LogP) is 5.24. The Balaban J connectivity index is 1.29. The van der Waals surface area contributed by atoms with Gasteiger partial charge in [0.1, 0.15) is 5.01 Å². The maximum absolute atomic E-state index is 12.9. The van der Waals surface area contributed by atoms with Crippen molar-refractivity contribution in [3.63, 3.8) is 0 Å². The van der Waals surface area contributed by atoms with E-state index in [1.807, 2.05) is 6.07 Å². The third-order valence-corrected chi connectivity index (χ3v) is 7.72. The Morgan fingerprint density at radius 2 is 2.04 bits per heavy atom. The molecule has 1 atom stereocenters. The fourth-order valence-corrected chi connectivity index (χ4v) is 6.18. The molecule has 1 aromatic heterocycles. The summed E-state index contributed by atoms with van der Waals surface area (Å²) < 4.78 is 1.21. The van der Waals surface area contributed by atoms with Crippen LogP contribution < -0.4 is 0 Å². The molecule has 0 unspecified atom stereocenters. The minimum atomic E-state index is 0.149. The summed E-state index contributed by atoms with van der Waals surface area (Å²) in [7, 11) is 0. The lowest BCUT2D eigenvalue weighted by Gasteiger charge is -2.23. The Hall–Kier alpha value is -1.85. The molecule has 1 amide bonds. The van der Waals surface area contributed by atoms with E-state index in [0.717, 1.165) is 29.9 Å². The molecule has 0 saturated carbocycles. The van der Waals surface area contributed by atoms with Crippen LogP contribution in [0.25, 0.3) is 10.2 Å². The topological polar surface area (TPSA) is 33.2 Å². The van der Waals surface area contributed by atoms with Crippen LogP contribution in [-0.2, 0) is 17.6 Å². The zero-order valence-electron chi connectivity index (χ0n) is 15.2. The van der Waals surface area contributed by atoms with Crippen LogP contribution in [0.5, 0.6) is 0 Å². The van der Waals surface area contributed by atoms with E-state index in [1.165, 1.54) is 40.0 Å². The Bertz CT molecular complexity index is 964. The summed E-state index contributed by atoms with van der Waals surface area (Å²) in [5.41, 5.74) is 4.01. The van der Waals surface area contributed by atoms with Crippen molar-refractivity contribution in [2.45, 2.75) is 43.0 Å². The van der Waals surface area contributed by atoms with E-state index in [9.17, 15) is 4.79 Å². The van der Waals surface area contributed by atoms with E-state index >= 15 is 0 Å². The van der Waals surface area contributed by atoms with E-state index in [-0.39, 0.29) is 11.9 Å². The van der Waals surface area contributed by atoms with Gasteiger partial charge in [0.15, 0.2) is 0 Å². The first-order chi connectivity index (χ1) is 13.3. The molecule has 1 saturated heterocycles. The molecule has 1 fully saturated rings. The molecule has 5 heteroatoms. The zero-order valence-corrected chi connectivity index (χ0v) is 16.8. The summed E-state index contributed by atoms with van der Waals surface area (Å²) in [6.45, 7) is 0.851. The molecule has 0 bridgehead atoms. The molecular formula is C22H22N2OS2. The Morgan fingerprint density at radius 1 is 1.15 bits per heavy atom. The van der Waals surface area contributed by atoms with Crippen LogP contribution in [0.2, 0.25) is 0 Å². The molecule has 3 nitrogen and oxygen atoms in total. The van der Waals surface area contributed by atoms with Crippen LogP contribution in [0.1, 0.15) is 41.4 Å². The predicted molar refractivity (Wildman–Crippen MR) is 112 cm³/mol. The molecule has 27 heavy (non-hydrogen) atoms. The third-order valence-electron chi connectivity index (χ3n) is 5.60. The molecule has 0 spiro atoms. The van der Waals surface area contributed by atoms with Crippen LogP contribution >= 0.6 is 23.1 Å². The first kappa shape index (κ1) is 17.3. The number of fused-ring (bicyclic) bond motifs is 2. The molecule has 3 aromatic rings. The molecule has 2 aliphatic rings. The van der Waals surface area contributed by atoms with Gasteiger partial charge in [-0.1, -0.05) is 18.2 Å². The highest BCUT2D eigenvalue weighted by atomic mass is 32.2. The monoisotopic (exact) mass is 394 g/mol. The van der Waals surface area contributed by atoms with Crippen LogP contribution in [0.4, 0.5) is 0 Å². The van der Waals surface area contributed by atoms with Crippen LogP contribution in [0, 0.1) is 0 Å². The zero-order chi connectivity index (χ0) is 18.2. The number of thiazole rings is 1. The van der Waals surface area contributed by atoms with Crippen molar-refractivity contribution in [2.24, 2.45) is 0 Å². The Kier molecular flexibility index (Phi) is 4.66. The number of para-hydroxylation sites is 1. The largest absolute Gasteiger partial charge is 0.332 e. The number of carbonyl (C=O) groups excluding carboxylic acids is 1. The van der Waals surface area contributed by atoms with Crippen molar-refractivity contribution < 1.29 is 4.79 Å².